The smallest absolute Gasteiger partial charge is 0.208 e. The molecule has 0 saturated carbocycles. The Labute approximate surface area is 130 Å². The Kier molecular flexibility index (Phi) is 3.32. The number of nitrogens with zero attached hydrogens (tertiary/aromatic N) is 2. The monoisotopic (exact) mass is 295 g/mol. The number of aryl methyl sites for hydroxylation is 1. The van der Waals surface area contributed by atoms with E-state index in [2.05, 4.69) is 49.3 Å². The average Bonchev–Trinajstić information content (AvgIpc) is 2.74. The highest BCUT2D eigenvalue weighted by atomic mass is 16.3. The van der Waals surface area contributed by atoms with Gasteiger partial charge in [0.1, 0.15) is 5.75 Å². The summed E-state index contributed by atoms with van der Waals surface area (Å²) in [5.74, 6) is 0.985. The predicted molar refractivity (Wildman–Crippen MR) is 90.8 cm³/mol. The Bertz CT molecular complexity index is 828. The van der Waals surface area contributed by atoms with Gasteiger partial charge in [0.2, 0.25) is 5.95 Å². The molecular formula is C18H21N3O. The summed E-state index contributed by atoms with van der Waals surface area (Å²) in [7, 11) is 1.96. The Balaban J connectivity index is 1.98. The maximum atomic E-state index is 9.58. The summed E-state index contributed by atoms with van der Waals surface area (Å²) >= 11 is 0. The number of aromatic nitrogens is 2. The van der Waals surface area contributed by atoms with Crippen LogP contribution >= 0.6 is 0 Å². The molecule has 0 saturated heterocycles. The third-order valence-electron chi connectivity index (χ3n) is 3.85. The molecule has 114 valence electrons. The molecular weight excluding hydrogens is 274 g/mol. The topological polar surface area (TPSA) is 50.1 Å². The quantitative estimate of drug-likeness (QED) is 0.740. The van der Waals surface area contributed by atoms with Crippen molar-refractivity contribution in [3.8, 4) is 5.75 Å². The highest BCUT2D eigenvalue weighted by Gasteiger charge is 2.14. The van der Waals surface area contributed by atoms with E-state index in [4.69, 9.17) is 0 Å². The number of hydrogen-bond acceptors (Lipinski definition) is 3. The van der Waals surface area contributed by atoms with Gasteiger partial charge in [0.05, 0.1) is 11.0 Å². The van der Waals surface area contributed by atoms with E-state index in [-0.39, 0.29) is 11.2 Å². The molecule has 0 spiro atoms. The van der Waals surface area contributed by atoms with E-state index < -0.39 is 0 Å². The zero-order chi connectivity index (χ0) is 15.9. The number of phenolic OH excluding ortho intramolecular Hbond substituents is 1. The van der Waals surface area contributed by atoms with E-state index >= 15 is 0 Å². The summed E-state index contributed by atoms with van der Waals surface area (Å²) in [6.07, 6.45) is 0. The van der Waals surface area contributed by atoms with Crippen LogP contribution in [-0.4, -0.2) is 14.7 Å². The van der Waals surface area contributed by atoms with Gasteiger partial charge in [-0.3, -0.25) is 0 Å². The molecule has 2 N–H and O–H groups in total. The van der Waals surface area contributed by atoms with Crippen LogP contribution in [0.2, 0.25) is 0 Å². The molecule has 0 aliphatic heterocycles. The van der Waals surface area contributed by atoms with Gasteiger partial charge < -0.3 is 15.0 Å². The van der Waals surface area contributed by atoms with Gasteiger partial charge in [-0.05, 0) is 35.2 Å². The second kappa shape index (κ2) is 5.05. The molecule has 0 radical (unpaired) electrons. The average molecular weight is 295 g/mol. The second-order valence-corrected chi connectivity index (χ2v) is 6.62. The van der Waals surface area contributed by atoms with Gasteiger partial charge in [0, 0.05) is 18.8 Å². The summed E-state index contributed by atoms with van der Waals surface area (Å²) in [5.41, 5.74) is 4.14. The van der Waals surface area contributed by atoms with Gasteiger partial charge in [-0.15, -0.1) is 0 Å². The SMILES string of the molecule is Cn1c(Nc2cccc(C(C)(C)C)c2)nc2cc(O)ccc21. The molecule has 3 rings (SSSR count). The molecule has 0 fully saturated rings. The lowest BCUT2D eigenvalue weighted by Gasteiger charge is -2.20. The van der Waals surface area contributed by atoms with Crippen molar-refractivity contribution in [1.29, 1.82) is 0 Å². The van der Waals surface area contributed by atoms with E-state index in [0.29, 0.717) is 0 Å². The van der Waals surface area contributed by atoms with Gasteiger partial charge >= 0.3 is 0 Å². The molecule has 0 amide bonds. The summed E-state index contributed by atoms with van der Waals surface area (Å²) in [6, 6.07) is 13.6. The summed E-state index contributed by atoms with van der Waals surface area (Å²) in [6.45, 7) is 6.60. The van der Waals surface area contributed by atoms with Crippen LogP contribution in [0.5, 0.6) is 5.75 Å². The number of aromatic hydroxyl groups is 1. The number of rotatable bonds is 2. The number of anilines is 2. The standard InChI is InChI=1S/C18H21N3O/c1-18(2,3)12-6-5-7-13(10-12)19-17-20-15-11-14(22)8-9-16(15)21(17)4/h5-11,22H,1-4H3,(H,19,20). The first-order valence-electron chi connectivity index (χ1n) is 7.37. The van der Waals surface area contributed by atoms with Gasteiger partial charge in [-0.1, -0.05) is 32.9 Å². The zero-order valence-corrected chi connectivity index (χ0v) is 13.4. The molecule has 0 bridgehead atoms. The van der Waals surface area contributed by atoms with E-state index in [1.807, 2.05) is 23.7 Å². The molecule has 3 aromatic rings. The van der Waals surface area contributed by atoms with E-state index in [1.165, 1.54) is 5.56 Å². The fourth-order valence-corrected chi connectivity index (χ4v) is 2.49. The lowest BCUT2D eigenvalue weighted by molar-refractivity contribution is 0.476. The Morgan fingerprint density at radius 2 is 1.86 bits per heavy atom. The molecule has 0 aliphatic carbocycles. The van der Waals surface area contributed by atoms with Crippen LogP contribution < -0.4 is 5.32 Å². The summed E-state index contributed by atoms with van der Waals surface area (Å²) in [5, 5.41) is 12.9. The maximum absolute atomic E-state index is 9.58. The van der Waals surface area contributed by atoms with Gasteiger partial charge in [0.15, 0.2) is 0 Å². The highest BCUT2D eigenvalue weighted by molar-refractivity contribution is 5.81. The Hall–Kier alpha value is -2.49. The molecule has 4 nitrogen and oxygen atoms in total. The lowest BCUT2D eigenvalue weighted by Crippen LogP contribution is -2.11. The molecule has 4 heteroatoms. The molecule has 0 atom stereocenters. The van der Waals surface area contributed by atoms with Crippen LogP contribution in [0, 0.1) is 0 Å². The van der Waals surface area contributed by atoms with Crippen LogP contribution in [0.4, 0.5) is 11.6 Å². The van der Waals surface area contributed by atoms with Crippen molar-refractivity contribution in [3.63, 3.8) is 0 Å². The van der Waals surface area contributed by atoms with Crippen molar-refractivity contribution in [2.75, 3.05) is 5.32 Å². The molecule has 22 heavy (non-hydrogen) atoms. The fourth-order valence-electron chi connectivity index (χ4n) is 2.49. The largest absolute Gasteiger partial charge is 0.508 e. The Morgan fingerprint density at radius 3 is 2.59 bits per heavy atom. The number of hydrogen-bond donors (Lipinski definition) is 2. The van der Waals surface area contributed by atoms with Crippen LogP contribution in [0.25, 0.3) is 11.0 Å². The van der Waals surface area contributed by atoms with E-state index in [1.54, 1.807) is 12.1 Å². The highest BCUT2D eigenvalue weighted by Crippen LogP contribution is 2.28. The van der Waals surface area contributed by atoms with Crippen LogP contribution in [0.15, 0.2) is 42.5 Å². The number of benzene rings is 2. The first-order valence-corrected chi connectivity index (χ1v) is 7.37. The fraction of sp³-hybridized carbons (Fsp3) is 0.278. The molecule has 1 heterocycles. The minimum Gasteiger partial charge on any atom is -0.508 e. The molecule has 1 aromatic heterocycles. The molecule has 0 aliphatic rings. The number of phenols is 1. The van der Waals surface area contributed by atoms with Gasteiger partial charge in [0.25, 0.3) is 0 Å². The van der Waals surface area contributed by atoms with Crippen LogP contribution in [0.1, 0.15) is 26.3 Å². The minimum absolute atomic E-state index is 0.107. The first kappa shape index (κ1) is 14.4. The van der Waals surface area contributed by atoms with Crippen molar-refractivity contribution in [3.05, 3.63) is 48.0 Å². The second-order valence-electron chi connectivity index (χ2n) is 6.62. The van der Waals surface area contributed by atoms with E-state index in [9.17, 15) is 5.11 Å². The summed E-state index contributed by atoms with van der Waals surface area (Å²) < 4.78 is 1.98. The van der Waals surface area contributed by atoms with Crippen molar-refractivity contribution < 1.29 is 5.11 Å². The third-order valence-corrected chi connectivity index (χ3v) is 3.85. The number of imidazole rings is 1. The van der Waals surface area contributed by atoms with Gasteiger partial charge in [-0.25, -0.2) is 4.98 Å². The first-order chi connectivity index (χ1) is 10.3. The molecule has 0 unspecified atom stereocenters. The van der Waals surface area contributed by atoms with Crippen molar-refractivity contribution >= 4 is 22.7 Å². The van der Waals surface area contributed by atoms with Gasteiger partial charge in [-0.2, -0.15) is 0 Å². The minimum atomic E-state index is 0.107. The predicted octanol–water partition coefficient (Wildman–Crippen LogP) is 4.32. The summed E-state index contributed by atoms with van der Waals surface area (Å²) in [4.78, 5) is 4.55. The Morgan fingerprint density at radius 1 is 1.09 bits per heavy atom. The van der Waals surface area contributed by atoms with Crippen LogP contribution in [-0.2, 0) is 12.5 Å². The van der Waals surface area contributed by atoms with Crippen molar-refractivity contribution in [1.82, 2.24) is 9.55 Å². The normalized spacial score (nSPS) is 11.8. The maximum Gasteiger partial charge on any atom is 0.208 e. The van der Waals surface area contributed by atoms with Crippen molar-refractivity contribution in [2.45, 2.75) is 26.2 Å². The molecule has 2 aromatic carbocycles. The van der Waals surface area contributed by atoms with Crippen molar-refractivity contribution in [2.24, 2.45) is 7.05 Å². The van der Waals surface area contributed by atoms with E-state index in [0.717, 1.165) is 22.7 Å². The zero-order valence-electron chi connectivity index (χ0n) is 13.4. The lowest BCUT2D eigenvalue weighted by atomic mass is 9.87. The number of fused-ring (bicyclic) bond motifs is 1. The third kappa shape index (κ3) is 2.64. The number of nitrogens with one attached hydrogen (secondary N) is 1. The van der Waals surface area contributed by atoms with Crippen LogP contribution in [0.3, 0.4) is 0 Å².